The van der Waals surface area contributed by atoms with E-state index in [2.05, 4.69) is 14.7 Å². The number of anilines is 1. The second-order valence-electron chi connectivity index (χ2n) is 4.84. The predicted octanol–water partition coefficient (Wildman–Crippen LogP) is 3.19. The SMILES string of the molecule is O=S(=O)(Nc1cccc(CF)c1)c1cccn1-c1ccnc(Cl)n1. The van der Waals surface area contributed by atoms with E-state index in [0.29, 0.717) is 11.4 Å². The summed E-state index contributed by atoms with van der Waals surface area (Å²) in [5.41, 5.74) is 0.659. The number of hydrogen-bond acceptors (Lipinski definition) is 4. The molecule has 0 fully saturated rings. The lowest BCUT2D eigenvalue weighted by molar-refractivity contribution is 0.485. The maximum atomic E-state index is 12.7. The van der Waals surface area contributed by atoms with E-state index < -0.39 is 16.7 Å². The van der Waals surface area contributed by atoms with Gasteiger partial charge in [-0.3, -0.25) is 9.29 Å². The van der Waals surface area contributed by atoms with Gasteiger partial charge in [0.15, 0.2) is 5.03 Å². The zero-order valence-electron chi connectivity index (χ0n) is 12.2. The fraction of sp³-hybridized carbons (Fsp3) is 0.0667. The van der Waals surface area contributed by atoms with E-state index in [1.807, 2.05) is 0 Å². The number of halogens is 2. The topological polar surface area (TPSA) is 76.9 Å². The van der Waals surface area contributed by atoms with Gasteiger partial charge in [-0.25, -0.2) is 9.37 Å². The molecule has 0 amide bonds. The van der Waals surface area contributed by atoms with Crippen molar-refractivity contribution in [3.8, 4) is 5.82 Å². The zero-order valence-corrected chi connectivity index (χ0v) is 13.8. The van der Waals surface area contributed by atoms with Crippen LogP contribution in [0.4, 0.5) is 10.1 Å². The largest absolute Gasteiger partial charge is 0.290 e. The summed E-state index contributed by atoms with van der Waals surface area (Å²) in [6.45, 7) is -0.675. The number of hydrogen-bond donors (Lipinski definition) is 1. The summed E-state index contributed by atoms with van der Waals surface area (Å²) < 4.78 is 41.8. The van der Waals surface area contributed by atoms with Gasteiger partial charge < -0.3 is 0 Å². The molecule has 0 atom stereocenters. The zero-order chi connectivity index (χ0) is 17.2. The van der Waals surface area contributed by atoms with Crippen molar-refractivity contribution >= 4 is 27.3 Å². The summed E-state index contributed by atoms with van der Waals surface area (Å²) in [5.74, 6) is 0.317. The number of alkyl halides is 1. The van der Waals surface area contributed by atoms with E-state index in [0.717, 1.165) is 0 Å². The van der Waals surface area contributed by atoms with E-state index in [-0.39, 0.29) is 16.0 Å². The first kappa shape index (κ1) is 16.4. The molecule has 9 heteroatoms. The molecule has 3 aromatic rings. The molecule has 0 aliphatic heterocycles. The lowest BCUT2D eigenvalue weighted by atomic mass is 10.2. The lowest BCUT2D eigenvalue weighted by Crippen LogP contribution is -2.17. The number of benzene rings is 1. The Labute approximate surface area is 143 Å². The summed E-state index contributed by atoms with van der Waals surface area (Å²) in [6.07, 6.45) is 2.98. The van der Waals surface area contributed by atoms with Crippen LogP contribution in [-0.2, 0) is 16.7 Å². The Bertz CT molecular complexity index is 975. The first-order valence-electron chi connectivity index (χ1n) is 6.83. The van der Waals surface area contributed by atoms with Crippen LogP contribution in [0, 0.1) is 0 Å². The molecule has 0 unspecified atom stereocenters. The molecule has 0 spiro atoms. The fourth-order valence-corrected chi connectivity index (χ4v) is 3.51. The third-order valence-corrected chi connectivity index (χ3v) is 4.75. The van der Waals surface area contributed by atoms with Gasteiger partial charge in [0, 0.05) is 18.1 Å². The van der Waals surface area contributed by atoms with Crippen molar-refractivity contribution < 1.29 is 12.8 Å². The predicted molar refractivity (Wildman–Crippen MR) is 88.4 cm³/mol. The van der Waals surface area contributed by atoms with Crippen molar-refractivity contribution in [2.75, 3.05) is 4.72 Å². The minimum Gasteiger partial charge on any atom is -0.290 e. The third kappa shape index (κ3) is 3.39. The molecule has 1 N–H and O–H groups in total. The summed E-state index contributed by atoms with van der Waals surface area (Å²) >= 11 is 5.76. The van der Waals surface area contributed by atoms with Crippen LogP contribution in [0.3, 0.4) is 0 Å². The average Bonchev–Trinajstić information content (AvgIpc) is 3.05. The molecule has 6 nitrogen and oxygen atoms in total. The van der Waals surface area contributed by atoms with Crippen LogP contribution in [0.1, 0.15) is 5.56 Å². The highest BCUT2D eigenvalue weighted by Crippen LogP contribution is 2.21. The Balaban J connectivity index is 1.98. The number of aromatic nitrogens is 3. The van der Waals surface area contributed by atoms with Crippen LogP contribution >= 0.6 is 11.6 Å². The smallest absolute Gasteiger partial charge is 0.277 e. The minimum absolute atomic E-state index is 0.00755. The van der Waals surface area contributed by atoms with Crippen LogP contribution < -0.4 is 4.72 Å². The first-order valence-corrected chi connectivity index (χ1v) is 8.70. The lowest BCUT2D eigenvalue weighted by Gasteiger charge is -2.11. The minimum atomic E-state index is -3.90. The Kier molecular flexibility index (Phi) is 4.50. The number of nitrogens with zero attached hydrogens (tertiary/aromatic N) is 3. The van der Waals surface area contributed by atoms with Crippen LogP contribution in [-0.4, -0.2) is 23.0 Å². The highest BCUT2D eigenvalue weighted by Gasteiger charge is 2.20. The molecule has 3 rings (SSSR count). The van der Waals surface area contributed by atoms with Gasteiger partial charge in [-0.15, -0.1) is 0 Å². The van der Waals surface area contributed by atoms with Gasteiger partial charge in [0.25, 0.3) is 10.0 Å². The van der Waals surface area contributed by atoms with Crippen molar-refractivity contribution in [3.63, 3.8) is 0 Å². The summed E-state index contributed by atoms with van der Waals surface area (Å²) in [4.78, 5) is 7.77. The molecular weight excluding hydrogens is 355 g/mol. The highest BCUT2D eigenvalue weighted by molar-refractivity contribution is 7.92. The molecule has 0 radical (unpaired) electrons. The molecule has 0 bridgehead atoms. The standard InChI is InChI=1S/C15H12ClFN4O2S/c16-15-18-7-6-13(19-15)21-8-2-5-14(21)24(22,23)20-12-4-1-3-11(9-12)10-17/h1-9,20H,10H2. The number of sulfonamides is 1. The molecular formula is C15H12ClFN4O2S. The second-order valence-corrected chi connectivity index (χ2v) is 6.81. The van der Waals surface area contributed by atoms with Gasteiger partial charge >= 0.3 is 0 Å². The van der Waals surface area contributed by atoms with Gasteiger partial charge in [0.2, 0.25) is 5.28 Å². The second kappa shape index (κ2) is 6.58. The summed E-state index contributed by atoms with van der Waals surface area (Å²) in [5, 5.41) is -0.0175. The Hall–Kier alpha value is -2.45. The average molecular weight is 367 g/mol. The van der Waals surface area contributed by atoms with Gasteiger partial charge in [0.05, 0.1) is 0 Å². The van der Waals surface area contributed by atoms with E-state index in [1.54, 1.807) is 30.5 Å². The third-order valence-electron chi connectivity index (χ3n) is 3.18. The highest BCUT2D eigenvalue weighted by atomic mass is 35.5. The summed E-state index contributed by atoms with van der Waals surface area (Å²) in [6, 6.07) is 10.7. The van der Waals surface area contributed by atoms with Crippen molar-refractivity contribution in [2.45, 2.75) is 11.7 Å². The Morgan fingerprint density at radius 3 is 2.79 bits per heavy atom. The van der Waals surface area contributed by atoms with Crippen LogP contribution in [0.15, 0.2) is 59.9 Å². The van der Waals surface area contributed by atoms with Crippen molar-refractivity contribution in [2.24, 2.45) is 0 Å². The van der Waals surface area contributed by atoms with Crippen LogP contribution in [0.2, 0.25) is 5.28 Å². The maximum Gasteiger partial charge on any atom is 0.277 e. The van der Waals surface area contributed by atoms with Crippen molar-refractivity contribution in [1.29, 1.82) is 0 Å². The molecule has 2 heterocycles. The van der Waals surface area contributed by atoms with Gasteiger partial charge in [0.1, 0.15) is 12.5 Å². The summed E-state index contributed by atoms with van der Waals surface area (Å²) in [7, 11) is -3.90. The molecule has 1 aromatic carbocycles. The normalized spacial score (nSPS) is 11.4. The fourth-order valence-electron chi connectivity index (χ4n) is 2.16. The van der Waals surface area contributed by atoms with E-state index >= 15 is 0 Å². The van der Waals surface area contributed by atoms with Gasteiger partial charge in [-0.2, -0.15) is 13.4 Å². The Morgan fingerprint density at radius 1 is 1.21 bits per heavy atom. The van der Waals surface area contributed by atoms with Gasteiger partial charge in [-0.05, 0) is 47.5 Å². The monoisotopic (exact) mass is 366 g/mol. The van der Waals surface area contributed by atoms with E-state index in [9.17, 15) is 12.8 Å². The molecule has 0 aliphatic rings. The van der Waals surface area contributed by atoms with Crippen molar-refractivity contribution in [3.05, 3.63) is 65.7 Å². The number of nitrogens with one attached hydrogen (secondary N) is 1. The number of rotatable bonds is 5. The van der Waals surface area contributed by atoms with E-state index in [1.165, 1.54) is 29.0 Å². The molecule has 24 heavy (non-hydrogen) atoms. The molecule has 0 saturated heterocycles. The molecule has 0 saturated carbocycles. The molecule has 124 valence electrons. The van der Waals surface area contributed by atoms with Crippen molar-refractivity contribution in [1.82, 2.24) is 14.5 Å². The first-order chi connectivity index (χ1) is 11.5. The molecule has 2 aromatic heterocycles. The quantitative estimate of drug-likeness (QED) is 0.703. The van der Waals surface area contributed by atoms with Crippen LogP contribution in [0.25, 0.3) is 5.82 Å². The Morgan fingerprint density at radius 2 is 2.04 bits per heavy atom. The molecule has 0 aliphatic carbocycles. The van der Waals surface area contributed by atoms with Crippen LogP contribution in [0.5, 0.6) is 0 Å². The van der Waals surface area contributed by atoms with E-state index in [4.69, 9.17) is 11.6 Å². The maximum absolute atomic E-state index is 12.7. The van der Waals surface area contributed by atoms with Gasteiger partial charge in [-0.1, -0.05) is 12.1 Å².